The normalized spacial score (nSPS) is 12.5. The molecule has 0 saturated carbocycles. The maximum absolute atomic E-state index is 12.8. The number of carbonyl (C=O) groups is 3. The zero-order valence-corrected chi connectivity index (χ0v) is 40.9. The van der Waals surface area contributed by atoms with Gasteiger partial charge >= 0.3 is 17.9 Å². The molecule has 6 nitrogen and oxygen atoms in total. The van der Waals surface area contributed by atoms with E-state index in [2.05, 4.69) is 81.5 Å². The Morgan fingerprint density at radius 3 is 0.935 bits per heavy atom. The van der Waals surface area contributed by atoms with Gasteiger partial charge in [0.1, 0.15) is 13.2 Å². The first-order chi connectivity index (χ1) is 30.5. The number of allylic oxidation sites excluding steroid dienone is 10. The Morgan fingerprint density at radius 1 is 0.323 bits per heavy atom. The molecule has 6 heteroatoms. The molecule has 0 bridgehead atoms. The van der Waals surface area contributed by atoms with Crippen LogP contribution in [0.15, 0.2) is 60.8 Å². The van der Waals surface area contributed by atoms with Crippen molar-refractivity contribution in [3.8, 4) is 0 Å². The molecular weight excluding hydrogens is 769 g/mol. The van der Waals surface area contributed by atoms with Gasteiger partial charge in [-0.25, -0.2) is 0 Å². The highest BCUT2D eigenvalue weighted by atomic mass is 16.6. The van der Waals surface area contributed by atoms with Crippen LogP contribution in [0.25, 0.3) is 0 Å². The molecule has 1 atom stereocenters. The van der Waals surface area contributed by atoms with Crippen LogP contribution in [-0.2, 0) is 28.6 Å². The summed E-state index contributed by atoms with van der Waals surface area (Å²) in [5.41, 5.74) is 0. The smallest absolute Gasteiger partial charge is 0.306 e. The van der Waals surface area contributed by atoms with Crippen LogP contribution in [0.5, 0.6) is 0 Å². The summed E-state index contributed by atoms with van der Waals surface area (Å²) >= 11 is 0. The first kappa shape index (κ1) is 59.1. The second-order valence-electron chi connectivity index (χ2n) is 17.5. The molecule has 0 saturated heterocycles. The van der Waals surface area contributed by atoms with Gasteiger partial charge in [-0.3, -0.25) is 14.4 Å². The van der Waals surface area contributed by atoms with Gasteiger partial charge in [-0.05, 0) is 70.6 Å². The summed E-state index contributed by atoms with van der Waals surface area (Å²) in [5.74, 6) is -0.912. The minimum Gasteiger partial charge on any atom is -0.462 e. The molecule has 1 unspecified atom stereocenters. The minimum absolute atomic E-state index is 0.0842. The van der Waals surface area contributed by atoms with Gasteiger partial charge in [0, 0.05) is 19.3 Å². The molecule has 62 heavy (non-hydrogen) atoms. The second-order valence-corrected chi connectivity index (χ2v) is 17.5. The highest BCUT2D eigenvalue weighted by Crippen LogP contribution is 2.14. The maximum atomic E-state index is 12.8. The molecule has 0 spiro atoms. The van der Waals surface area contributed by atoms with Crippen LogP contribution in [0.2, 0.25) is 0 Å². The summed E-state index contributed by atoms with van der Waals surface area (Å²) < 4.78 is 16.8. The van der Waals surface area contributed by atoms with Gasteiger partial charge in [0.05, 0.1) is 0 Å². The van der Waals surface area contributed by atoms with Gasteiger partial charge in [0.25, 0.3) is 0 Å². The molecule has 0 amide bonds. The molecule has 0 aliphatic rings. The minimum atomic E-state index is -0.786. The average molecular weight is 867 g/mol. The Hall–Kier alpha value is -2.89. The van der Waals surface area contributed by atoms with Crippen molar-refractivity contribution in [2.45, 2.75) is 264 Å². The standard InChI is InChI=1S/C56H98O6/c1-4-7-10-13-16-19-22-24-26-27-28-30-31-34-37-40-43-46-49-55(58)61-52-53(51-60-54(57)48-45-42-39-36-33-21-18-15-12-9-6-3)62-56(59)50-47-44-41-38-35-32-29-25-23-20-17-14-11-8-5-2/h17,20,22-28,30,53H,4-16,18-19,21,29,31-52H2,1-3H3/b20-17-,24-22-,25-23-,27-26-,30-28-. The third-order valence-corrected chi connectivity index (χ3v) is 11.3. The molecular formula is C56H98O6. The Balaban J connectivity index is 4.41. The van der Waals surface area contributed by atoms with Crippen molar-refractivity contribution in [2.75, 3.05) is 13.2 Å². The van der Waals surface area contributed by atoms with Crippen molar-refractivity contribution in [2.24, 2.45) is 0 Å². The summed E-state index contributed by atoms with van der Waals surface area (Å²) in [6.07, 6.45) is 61.9. The Bertz CT molecular complexity index is 1130. The number of rotatable bonds is 47. The highest BCUT2D eigenvalue weighted by Gasteiger charge is 2.19. The fourth-order valence-corrected chi connectivity index (χ4v) is 7.32. The molecule has 0 heterocycles. The largest absolute Gasteiger partial charge is 0.462 e. The van der Waals surface area contributed by atoms with E-state index in [9.17, 15) is 14.4 Å². The van der Waals surface area contributed by atoms with E-state index in [1.807, 2.05) is 0 Å². The van der Waals surface area contributed by atoms with E-state index < -0.39 is 6.10 Å². The number of unbranched alkanes of at least 4 members (excludes halogenated alkanes) is 29. The Kier molecular flexibility index (Phi) is 48.4. The molecule has 0 aromatic heterocycles. The molecule has 0 aliphatic carbocycles. The van der Waals surface area contributed by atoms with Crippen LogP contribution < -0.4 is 0 Å². The van der Waals surface area contributed by atoms with Gasteiger partial charge < -0.3 is 14.2 Å². The first-order valence-electron chi connectivity index (χ1n) is 26.3. The van der Waals surface area contributed by atoms with Crippen molar-refractivity contribution in [1.29, 1.82) is 0 Å². The van der Waals surface area contributed by atoms with Crippen LogP contribution in [0.3, 0.4) is 0 Å². The van der Waals surface area contributed by atoms with Crippen molar-refractivity contribution >= 4 is 17.9 Å². The lowest BCUT2D eigenvalue weighted by atomic mass is 10.1. The van der Waals surface area contributed by atoms with Gasteiger partial charge in [-0.1, -0.05) is 229 Å². The Morgan fingerprint density at radius 2 is 0.581 bits per heavy atom. The van der Waals surface area contributed by atoms with Crippen LogP contribution in [0.1, 0.15) is 258 Å². The lowest BCUT2D eigenvalue weighted by molar-refractivity contribution is -0.167. The first-order valence-corrected chi connectivity index (χ1v) is 26.3. The highest BCUT2D eigenvalue weighted by molar-refractivity contribution is 5.71. The monoisotopic (exact) mass is 867 g/mol. The zero-order chi connectivity index (χ0) is 45.1. The topological polar surface area (TPSA) is 78.9 Å². The van der Waals surface area contributed by atoms with Gasteiger partial charge in [-0.2, -0.15) is 0 Å². The third kappa shape index (κ3) is 48.1. The number of carbonyl (C=O) groups excluding carboxylic acids is 3. The molecule has 0 aromatic carbocycles. The lowest BCUT2D eigenvalue weighted by Gasteiger charge is -2.18. The fourth-order valence-electron chi connectivity index (χ4n) is 7.32. The molecule has 0 rings (SSSR count). The van der Waals surface area contributed by atoms with Gasteiger partial charge in [-0.15, -0.1) is 0 Å². The summed E-state index contributed by atoms with van der Waals surface area (Å²) in [6, 6.07) is 0. The van der Waals surface area contributed by atoms with E-state index in [1.165, 1.54) is 128 Å². The van der Waals surface area contributed by atoms with Crippen molar-refractivity contribution < 1.29 is 28.6 Å². The fraction of sp³-hybridized carbons (Fsp3) is 0.768. The number of hydrogen-bond acceptors (Lipinski definition) is 6. The number of esters is 3. The molecule has 0 N–H and O–H groups in total. The second kappa shape index (κ2) is 50.8. The van der Waals surface area contributed by atoms with Crippen LogP contribution in [0, 0.1) is 0 Å². The average Bonchev–Trinajstić information content (AvgIpc) is 3.27. The molecule has 0 aromatic rings. The molecule has 358 valence electrons. The predicted molar refractivity (Wildman–Crippen MR) is 265 cm³/mol. The predicted octanol–water partition coefficient (Wildman–Crippen LogP) is 17.3. The maximum Gasteiger partial charge on any atom is 0.306 e. The van der Waals surface area contributed by atoms with E-state index >= 15 is 0 Å². The van der Waals surface area contributed by atoms with Crippen molar-refractivity contribution in [3.63, 3.8) is 0 Å². The van der Waals surface area contributed by atoms with Gasteiger partial charge in [0.15, 0.2) is 6.10 Å². The quantitative estimate of drug-likeness (QED) is 0.0262. The van der Waals surface area contributed by atoms with Crippen LogP contribution in [-0.4, -0.2) is 37.2 Å². The van der Waals surface area contributed by atoms with Gasteiger partial charge in [0.2, 0.25) is 0 Å². The zero-order valence-electron chi connectivity index (χ0n) is 40.9. The Labute approximate surface area is 383 Å². The summed E-state index contributed by atoms with van der Waals surface area (Å²) in [4.78, 5) is 38.0. The number of hydrogen-bond donors (Lipinski definition) is 0. The summed E-state index contributed by atoms with van der Waals surface area (Å²) in [7, 11) is 0. The van der Waals surface area contributed by atoms with E-state index in [-0.39, 0.29) is 31.1 Å². The SMILES string of the molecule is CCCCC/C=C\C=C/CCCCCCCCC(=O)OC(COC(=O)CCCCCCC\C=C/C=C\C=C/CCCCCCC)COC(=O)CCCCCCCCCCCCC. The van der Waals surface area contributed by atoms with E-state index in [1.54, 1.807) is 0 Å². The van der Waals surface area contributed by atoms with E-state index in [0.29, 0.717) is 19.3 Å². The lowest BCUT2D eigenvalue weighted by Crippen LogP contribution is -2.30. The summed E-state index contributed by atoms with van der Waals surface area (Å²) in [6.45, 7) is 6.57. The molecule has 0 aliphatic heterocycles. The van der Waals surface area contributed by atoms with Crippen LogP contribution >= 0.6 is 0 Å². The van der Waals surface area contributed by atoms with Crippen LogP contribution in [0.4, 0.5) is 0 Å². The summed E-state index contributed by atoms with van der Waals surface area (Å²) in [5, 5.41) is 0. The third-order valence-electron chi connectivity index (χ3n) is 11.3. The van der Waals surface area contributed by atoms with E-state index in [4.69, 9.17) is 14.2 Å². The van der Waals surface area contributed by atoms with E-state index in [0.717, 1.165) is 89.9 Å². The van der Waals surface area contributed by atoms with Crippen molar-refractivity contribution in [3.05, 3.63) is 60.8 Å². The molecule has 0 radical (unpaired) electrons. The van der Waals surface area contributed by atoms with Crippen molar-refractivity contribution in [1.82, 2.24) is 0 Å². The molecule has 0 fully saturated rings. The number of ether oxygens (including phenoxy) is 3.